The van der Waals surface area contributed by atoms with Crippen LogP contribution in [0.25, 0.3) is 0 Å². The summed E-state index contributed by atoms with van der Waals surface area (Å²) >= 11 is 0. The number of aliphatic hydroxyl groups is 1. The van der Waals surface area contributed by atoms with Crippen LogP contribution in [0.2, 0.25) is 0 Å². The van der Waals surface area contributed by atoms with E-state index >= 15 is 0 Å². The van der Waals surface area contributed by atoms with E-state index in [-0.39, 0.29) is 23.6 Å². The molecule has 0 aliphatic rings. The number of unbranched alkanes of at least 4 members (excludes halogenated alkanes) is 2. The quantitative estimate of drug-likeness (QED) is 0.510. The van der Waals surface area contributed by atoms with Gasteiger partial charge in [0.05, 0.1) is 0 Å². The van der Waals surface area contributed by atoms with Gasteiger partial charge in [0, 0.05) is 25.2 Å². The van der Waals surface area contributed by atoms with Crippen molar-refractivity contribution in [2.45, 2.75) is 45.6 Å². The molecule has 0 fully saturated rings. The number of aliphatic hydroxyl groups excluding tert-OH is 1. The summed E-state index contributed by atoms with van der Waals surface area (Å²) in [6, 6.07) is 4.31. The second-order valence-electron chi connectivity index (χ2n) is 3.98. The third-order valence-electron chi connectivity index (χ3n) is 2.60. The fraction of sp³-hybridized carbons (Fsp3) is 0.615. The molecule has 0 spiro atoms. The molecule has 2 nitrogen and oxygen atoms in total. The predicted octanol–water partition coefficient (Wildman–Crippen LogP) is -0.907. The molecule has 0 saturated carbocycles. The fourth-order valence-electron chi connectivity index (χ4n) is 1.63. The molecule has 1 N–H and O–H groups in total. The van der Waals surface area contributed by atoms with Gasteiger partial charge in [-0.1, -0.05) is 13.3 Å². The van der Waals surface area contributed by atoms with Gasteiger partial charge in [-0.15, -0.1) is 0 Å². The van der Waals surface area contributed by atoms with Gasteiger partial charge in [0.25, 0.3) is 0 Å². The lowest BCUT2D eigenvalue weighted by molar-refractivity contribution is -0.697. The van der Waals surface area contributed by atoms with Gasteiger partial charge in [0.2, 0.25) is 0 Å². The Bertz CT molecular complexity index is 261. The van der Waals surface area contributed by atoms with E-state index in [0.29, 0.717) is 0 Å². The molecular formula is C13H22BrNO. The maximum Gasteiger partial charge on any atom is 0.169 e. The van der Waals surface area contributed by atoms with Crippen molar-refractivity contribution in [3.8, 4) is 0 Å². The molecule has 0 atom stereocenters. The zero-order valence-electron chi connectivity index (χ0n) is 10.0. The molecule has 92 valence electrons. The summed E-state index contributed by atoms with van der Waals surface area (Å²) in [6.45, 7) is 3.63. The molecule has 0 amide bonds. The van der Waals surface area contributed by atoms with Gasteiger partial charge in [-0.25, -0.2) is 4.57 Å². The highest BCUT2D eigenvalue weighted by Crippen LogP contribution is 2.00. The predicted molar refractivity (Wildman–Crippen MR) is 61.6 cm³/mol. The minimum Gasteiger partial charge on any atom is -1.00 e. The van der Waals surface area contributed by atoms with Crippen LogP contribution in [-0.4, -0.2) is 11.7 Å². The molecule has 0 unspecified atom stereocenters. The molecule has 0 aliphatic heterocycles. The van der Waals surface area contributed by atoms with E-state index in [1.807, 2.05) is 0 Å². The largest absolute Gasteiger partial charge is 1.00 e. The van der Waals surface area contributed by atoms with Crippen molar-refractivity contribution in [3.05, 3.63) is 30.1 Å². The molecule has 1 heterocycles. The highest BCUT2D eigenvalue weighted by molar-refractivity contribution is 5.07. The van der Waals surface area contributed by atoms with E-state index in [2.05, 4.69) is 36.0 Å². The molecular weight excluding hydrogens is 266 g/mol. The Morgan fingerprint density at radius 3 is 2.38 bits per heavy atom. The third-order valence-corrected chi connectivity index (χ3v) is 2.60. The van der Waals surface area contributed by atoms with Crippen LogP contribution in [0, 0.1) is 0 Å². The molecule has 1 aromatic rings. The highest BCUT2D eigenvalue weighted by Gasteiger charge is 2.00. The Balaban J connectivity index is 0.00000225. The van der Waals surface area contributed by atoms with Crippen LogP contribution in [-0.2, 0) is 13.0 Å². The van der Waals surface area contributed by atoms with E-state index in [0.717, 1.165) is 19.4 Å². The van der Waals surface area contributed by atoms with Gasteiger partial charge in [-0.3, -0.25) is 0 Å². The standard InChI is InChI=1S/C13H22NO.BrH/c1-2-3-4-9-14-10-7-13(8-11-14)6-5-12-15;/h7-8,10-11,15H,2-6,9,12H2,1H3;1H/q+1;/p-1. The van der Waals surface area contributed by atoms with Crippen molar-refractivity contribution < 1.29 is 26.7 Å². The molecule has 0 aliphatic carbocycles. The number of pyridine rings is 1. The van der Waals surface area contributed by atoms with E-state index < -0.39 is 0 Å². The molecule has 16 heavy (non-hydrogen) atoms. The van der Waals surface area contributed by atoms with Crippen molar-refractivity contribution >= 4 is 0 Å². The molecule has 0 bridgehead atoms. The van der Waals surface area contributed by atoms with Crippen LogP contribution in [0.15, 0.2) is 24.5 Å². The molecule has 1 rings (SSSR count). The van der Waals surface area contributed by atoms with E-state index in [1.165, 1.54) is 24.8 Å². The number of halogens is 1. The Hall–Kier alpha value is -0.410. The second kappa shape index (κ2) is 9.79. The monoisotopic (exact) mass is 287 g/mol. The smallest absolute Gasteiger partial charge is 0.169 e. The Labute approximate surface area is 109 Å². The van der Waals surface area contributed by atoms with E-state index in [1.54, 1.807) is 0 Å². The number of aryl methyl sites for hydroxylation is 2. The summed E-state index contributed by atoms with van der Waals surface area (Å²) in [6.07, 6.45) is 9.96. The number of rotatable bonds is 7. The average Bonchev–Trinajstić information content (AvgIpc) is 2.28. The maximum atomic E-state index is 8.72. The van der Waals surface area contributed by atoms with Gasteiger partial charge >= 0.3 is 0 Å². The van der Waals surface area contributed by atoms with Gasteiger partial charge in [-0.05, 0) is 24.8 Å². The SMILES string of the molecule is CCCCC[n+]1ccc(CCCO)cc1.[Br-]. The van der Waals surface area contributed by atoms with Crippen LogP contribution >= 0.6 is 0 Å². The summed E-state index contributed by atoms with van der Waals surface area (Å²) in [7, 11) is 0. The molecule has 0 aromatic carbocycles. The first-order valence-electron chi connectivity index (χ1n) is 5.95. The van der Waals surface area contributed by atoms with Crippen molar-refractivity contribution in [2.24, 2.45) is 0 Å². The van der Waals surface area contributed by atoms with Crippen molar-refractivity contribution in [1.29, 1.82) is 0 Å². The van der Waals surface area contributed by atoms with E-state index in [4.69, 9.17) is 5.11 Å². The summed E-state index contributed by atoms with van der Waals surface area (Å²) in [5.41, 5.74) is 1.32. The lowest BCUT2D eigenvalue weighted by Gasteiger charge is -1.99. The third kappa shape index (κ3) is 6.23. The molecule has 3 heteroatoms. The Morgan fingerprint density at radius 1 is 1.12 bits per heavy atom. The summed E-state index contributed by atoms with van der Waals surface area (Å²) in [5, 5.41) is 8.72. The van der Waals surface area contributed by atoms with Crippen LogP contribution in [0.1, 0.15) is 38.2 Å². The minimum atomic E-state index is 0. The number of hydrogen-bond acceptors (Lipinski definition) is 1. The van der Waals surface area contributed by atoms with Crippen LogP contribution in [0.5, 0.6) is 0 Å². The van der Waals surface area contributed by atoms with Gasteiger partial charge in [-0.2, -0.15) is 0 Å². The zero-order valence-corrected chi connectivity index (χ0v) is 11.6. The molecule has 1 aromatic heterocycles. The van der Waals surface area contributed by atoms with E-state index in [9.17, 15) is 0 Å². The number of aromatic nitrogens is 1. The first-order valence-corrected chi connectivity index (χ1v) is 5.95. The van der Waals surface area contributed by atoms with Crippen LogP contribution < -0.4 is 21.5 Å². The summed E-state index contributed by atoms with van der Waals surface area (Å²) in [4.78, 5) is 0. The summed E-state index contributed by atoms with van der Waals surface area (Å²) in [5.74, 6) is 0. The Kier molecular flexibility index (Phi) is 9.54. The zero-order chi connectivity index (χ0) is 10.9. The fourth-order valence-corrected chi connectivity index (χ4v) is 1.63. The molecule has 0 saturated heterocycles. The lowest BCUT2D eigenvalue weighted by Crippen LogP contribution is -3.00. The topological polar surface area (TPSA) is 24.1 Å². The average molecular weight is 288 g/mol. The number of nitrogens with zero attached hydrogens (tertiary/aromatic N) is 1. The molecule has 0 radical (unpaired) electrons. The second-order valence-corrected chi connectivity index (χ2v) is 3.98. The van der Waals surface area contributed by atoms with Crippen LogP contribution in [0.3, 0.4) is 0 Å². The Morgan fingerprint density at radius 2 is 1.81 bits per heavy atom. The number of hydrogen-bond donors (Lipinski definition) is 1. The van der Waals surface area contributed by atoms with Crippen LogP contribution in [0.4, 0.5) is 0 Å². The lowest BCUT2D eigenvalue weighted by atomic mass is 10.1. The van der Waals surface area contributed by atoms with Crippen molar-refractivity contribution in [2.75, 3.05) is 6.61 Å². The first-order chi connectivity index (χ1) is 7.36. The summed E-state index contributed by atoms with van der Waals surface area (Å²) < 4.78 is 2.23. The normalized spacial score (nSPS) is 9.88. The maximum absolute atomic E-state index is 8.72. The first kappa shape index (κ1) is 15.6. The van der Waals surface area contributed by atoms with Crippen molar-refractivity contribution in [3.63, 3.8) is 0 Å². The van der Waals surface area contributed by atoms with Gasteiger partial charge in [0.1, 0.15) is 6.54 Å². The minimum absolute atomic E-state index is 0. The van der Waals surface area contributed by atoms with Gasteiger partial charge in [0.15, 0.2) is 12.4 Å². The highest BCUT2D eigenvalue weighted by atomic mass is 79.9. The van der Waals surface area contributed by atoms with Gasteiger partial charge < -0.3 is 22.1 Å². The van der Waals surface area contributed by atoms with Crippen molar-refractivity contribution in [1.82, 2.24) is 0 Å².